The zero-order valence-electron chi connectivity index (χ0n) is 14.3. The Morgan fingerprint density at radius 1 is 0.926 bits per heavy atom. The second-order valence-corrected chi connectivity index (χ2v) is 6.88. The van der Waals surface area contributed by atoms with Crippen molar-refractivity contribution in [3.8, 4) is 11.4 Å². The van der Waals surface area contributed by atoms with Crippen LogP contribution in [0.2, 0.25) is 10.0 Å². The van der Waals surface area contributed by atoms with E-state index >= 15 is 0 Å². The Balaban J connectivity index is 1.45. The molecule has 0 bridgehead atoms. The van der Waals surface area contributed by atoms with Crippen LogP contribution < -0.4 is 5.32 Å². The van der Waals surface area contributed by atoms with Gasteiger partial charge in [0.25, 0.3) is 0 Å². The molecule has 0 unspecified atom stereocenters. The summed E-state index contributed by atoms with van der Waals surface area (Å²) in [6, 6.07) is 9.01. The molecule has 10 heteroatoms. The largest absolute Gasteiger partial charge is 0.369 e. The van der Waals surface area contributed by atoms with Crippen LogP contribution in [0.3, 0.4) is 0 Å². The SMILES string of the molecule is Clc1cc(Cl)cc(-c2nnc3ccc(NCCCCn4cnnc4)nn23)c1. The molecule has 8 nitrogen and oxygen atoms in total. The molecule has 3 aromatic heterocycles. The lowest BCUT2D eigenvalue weighted by Crippen LogP contribution is -2.07. The number of halogens is 2. The van der Waals surface area contributed by atoms with Crippen LogP contribution in [-0.4, -0.2) is 41.1 Å². The summed E-state index contributed by atoms with van der Waals surface area (Å²) in [7, 11) is 0. The lowest BCUT2D eigenvalue weighted by atomic mass is 10.2. The fourth-order valence-electron chi connectivity index (χ4n) is 2.72. The minimum absolute atomic E-state index is 0.539. The van der Waals surface area contributed by atoms with Gasteiger partial charge >= 0.3 is 0 Å². The molecule has 1 aromatic carbocycles. The number of hydrogen-bond acceptors (Lipinski definition) is 6. The molecule has 0 amide bonds. The standard InChI is InChI=1S/C17H16Cl2N8/c18-13-7-12(8-14(19)9-13)17-24-23-16-4-3-15(25-27(16)17)20-5-1-2-6-26-10-21-22-11-26/h3-4,7-11H,1-2,5-6H2,(H,20,25). The Morgan fingerprint density at radius 2 is 1.70 bits per heavy atom. The molecule has 0 aliphatic heterocycles. The smallest absolute Gasteiger partial charge is 0.185 e. The van der Waals surface area contributed by atoms with E-state index in [2.05, 4.69) is 30.8 Å². The molecule has 0 aliphatic carbocycles. The van der Waals surface area contributed by atoms with Crippen molar-refractivity contribution in [2.75, 3.05) is 11.9 Å². The van der Waals surface area contributed by atoms with Crippen molar-refractivity contribution in [1.82, 2.24) is 34.6 Å². The predicted molar refractivity (Wildman–Crippen MR) is 104 cm³/mol. The van der Waals surface area contributed by atoms with Crippen LogP contribution in [0.1, 0.15) is 12.8 Å². The Morgan fingerprint density at radius 3 is 2.48 bits per heavy atom. The zero-order chi connectivity index (χ0) is 18.6. The lowest BCUT2D eigenvalue weighted by Gasteiger charge is -2.07. The van der Waals surface area contributed by atoms with Crippen molar-refractivity contribution in [2.24, 2.45) is 0 Å². The first-order valence-corrected chi connectivity index (χ1v) is 9.20. The zero-order valence-corrected chi connectivity index (χ0v) is 15.8. The molecule has 138 valence electrons. The van der Waals surface area contributed by atoms with Gasteiger partial charge in [-0.1, -0.05) is 23.2 Å². The summed E-state index contributed by atoms with van der Waals surface area (Å²) in [5, 5.41) is 25.0. The van der Waals surface area contributed by atoms with Crippen molar-refractivity contribution in [3.63, 3.8) is 0 Å². The van der Waals surface area contributed by atoms with Crippen LogP contribution in [0.15, 0.2) is 43.0 Å². The summed E-state index contributed by atoms with van der Waals surface area (Å²) >= 11 is 12.2. The van der Waals surface area contributed by atoms with Crippen LogP contribution >= 0.6 is 23.2 Å². The summed E-state index contributed by atoms with van der Waals surface area (Å²) in [6.07, 6.45) is 5.46. The summed E-state index contributed by atoms with van der Waals surface area (Å²) < 4.78 is 3.64. The number of unbranched alkanes of at least 4 members (excludes halogenated alkanes) is 1. The quantitative estimate of drug-likeness (QED) is 0.475. The highest BCUT2D eigenvalue weighted by molar-refractivity contribution is 6.35. The van der Waals surface area contributed by atoms with Crippen LogP contribution in [0.4, 0.5) is 5.82 Å². The summed E-state index contributed by atoms with van der Waals surface area (Å²) in [5.74, 6) is 1.34. The molecule has 0 saturated carbocycles. The third kappa shape index (κ3) is 4.17. The van der Waals surface area contributed by atoms with Gasteiger partial charge in [-0.25, -0.2) is 0 Å². The summed E-state index contributed by atoms with van der Waals surface area (Å²) in [6.45, 7) is 1.70. The highest BCUT2D eigenvalue weighted by Crippen LogP contribution is 2.26. The second kappa shape index (κ2) is 7.89. The minimum Gasteiger partial charge on any atom is -0.369 e. The maximum Gasteiger partial charge on any atom is 0.185 e. The normalized spacial score (nSPS) is 11.2. The molecule has 4 aromatic rings. The Kier molecular flexibility index (Phi) is 5.17. The first kappa shape index (κ1) is 17.7. The van der Waals surface area contributed by atoms with E-state index in [1.807, 2.05) is 16.7 Å². The number of aryl methyl sites for hydroxylation is 1. The minimum atomic E-state index is 0.539. The number of benzene rings is 1. The lowest BCUT2D eigenvalue weighted by molar-refractivity contribution is 0.619. The average molecular weight is 403 g/mol. The van der Waals surface area contributed by atoms with Crippen LogP contribution in [0.5, 0.6) is 0 Å². The average Bonchev–Trinajstić information content (AvgIpc) is 3.30. The van der Waals surface area contributed by atoms with Gasteiger partial charge in [0.1, 0.15) is 18.5 Å². The van der Waals surface area contributed by atoms with Gasteiger partial charge < -0.3 is 9.88 Å². The first-order valence-electron chi connectivity index (χ1n) is 8.44. The molecular formula is C17H16Cl2N8. The number of hydrogen-bond donors (Lipinski definition) is 1. The third-order valence-electron chi connectivity index (χ3n) is 4.00. The molecule has 0 radical (unpaired) electrons. The van der Waals surface area contributed by atoms with E-state index in [4.69, 9.17) is 23.2 Å². The van der Waals surface area contributed by atoms with Crippen molar-refractivity contribution in [2.45, 2.75) is 19.4 Å². The van der Waals surface area contributed by atoms with E-state index in [0.717, 1.165) is 37.3 Å². The molecule has 0 saturated heterocycles. The Bertz CT molecular complexity index is 1020. The van der Waals surface area contributed by atoms with Crippen molar-refractivity contribution >= 4 is 34.7 Å². The first-order chi connectivity index (χ1) is 13.2. The predicted octanol–water partition coefficient (Wildman–Crippen LogP) is 3.58. The maximum atomic E-state index is 6.10. The van der Waals surface area contributed by atoms with E-state index < -0.39 is 0 Å². The molecule has 1 N–H and O–H groups in total. The van der Waals surface area contributed by atoms with Gasteiger partial charge in [0.05, 0.1) is 0 Å². The molecule has 0 spiro atoms. The van der Waals surface area contributed by atoms with E-state index in [9.17, 15) is 0 Å². The Hall–Kier alpha value is -2.71. The molecule has 0 atom stereocenters. The van der Waals surface area contributed by atoms with E-state index in [1.165, 1.54) is 0 Å². The molecule has 4 rings (SSSR count). The summed E-state index contributed by atoms with van der Waals surface area (Å²) in [5.41, 5.74) is 1.41. The molecular weight excluding hydrogens is 387 g/mol. The van der Waals surface area contributed by atoms with Gasteiger partial charge in [-0.05, 0) is 43.2 Å². The molecule has 3 heterocycles. The topological polar surface area (TPSA) is 85.8 Å². The van der Waals surface area contributed by atoms with Gasteiger partial charge in [-0.15, -0.1) is 25.5 Å². The van der Waals surface area contributed by atoms with Crippen molar-refractivity contribution in [3.05, 3.63) is 53.0 Å². The number of nitrogens with zero attached hydrogens (tertiary/aromatic N) is 7. The number of fused-ring (bicyclic) bond motifs is 1. The highest BCUT2D eigenvalue weighted by Gasteiger charge is 2.11. The third-order valence-corrected chi connectivity index (χ3v) is 4.44. The molecule has 0 aliphatic rings. The monoisotopic (exact) mass is 402 g/mol. The van der Waals surface area contributed by atoms with E-state index in [0.29, 0.717) is 21.5 Å². The fraction of sp³-hybridized carbons (Fsp3) is 0.235. The Labute approximate surface area is 165 Å². The number of nitrogens with one attached hydrogen (secondary N) is 1. The van der Waals surface area contributed by atoms with E-state index in [1.54, 1.807) is 35.4 Å². The molecule has 27 heavy (non-hydrogen) atoms. The fourth-order valence-corrected chi connectivity index (χ4v) is 3.25. The highest BCUT2D eigenvalue weighted by atomic mass is 35.5. The summed E-state index contributed by atoms with van der Waals surface area (Å²) in [4.78, 5) is 0. The van der Waals surface area contributed by atoms with Crippen molar-refractivity contribution in [1.29, 1.82) is 0 Å². The molecule has 0 fully saturated rings. The van der Waals surface area contributed by atoms with Crippen molar-refractivity contribution < 1.29 is 0 Å². The number of aromatic nitrogens is 7. The van der Waals surface area contributed by atoms with Crippen LogP contribution in [0, 0.1) is 0 Å². The van der Waals surface area contributed by atoms with Gasteiger partial charge in [0.2, 0.25) is 0 Å². The van der Waals surface area contributed by atoms with Crippen LogP contribution in [0.25, 0.3) is 17.0 Å². The van der Waals surface area contributed by atoms with Gasteiger partial charge in [-0.3, -0.25) is 0 Å². The van der Waals surface area contributed by atoms with Crippen LogP contribution in [-0.2, 0) is 6.54 Å². The van der Waals surface area contributed by atoms with E-state index in [-0.39, 0.29) is 0 Å². The van der Waals surface area contributed by atoms with Gasteiger partial charge in [-0.2, -0.15) is 4.52 Å². The van der Waals surface area contributed by atoms with Gasteiger partial charge in [0.15, 0.2) is 11.5 Å². The number of rotatable bonds is 7. The number of anilines is 1. The maximum absolute atomic E-state index is 6.10. The second-order valence-electron chi connectivity index (χ2n) is 6.00. The van der Waals surface area contributed by atoms with Gasteiger partial charge in [0, 0.05) is 28.7 Å².